The molecule has 0 spiro atoms. The zero-order chi connectivity index (χ0) is 10.7. The van der Waals surface area contributed by atoms with Crippen molar-refractivity contribution in [3.05, 3.63) is 17.5 Å². The average Bonchev–Trinajstić information content (AvgIpc) is 2.40. The van der Waals surface area contributed by atoms with Gasteiger partial charge in [-0.05, 0) is 37.8 Å². The highest BCUT2D eigenvalue weighted by molar-refractivity contribution is 5.09. The fourth-order valence-electron chi connectivity index (χ4n) is 1.72. The molecule has 0 amide bonds. The van der Waals surface area contributed by atoms with E-state index in [1.807, 2.05) is 18.7 Å². The monoisotopic (exact) mass is 195 g/mol. The molecule has 0 aliphatic heterocycles. The van der Waals surface area contributed by atoms with E-state index in [1.165, 1.54) is 5.69 Å². The van der Waals surface area contributed by atoms with Gasteiger partial charge < -0.3 is 5.73 Å². The molecule has 1 unspecified atom stereocenters. The minimum atomic E-state index is 0.560. The van der Waals surface area contributed by atoms with Gasteiger partial charge in [-0.1, -0.05) is 13.8 Å². The summed E-state index contributed by atoms with van der Waals surface area (Å²) in [6, 6.07) is 2.14. The predicted octanol–water partition coefficient (Wildman–Crippen LogP) is 1.50. The molecule has 0 bridgehead atoms. The number of aryl methyl sites for hydroxylation is 2. The summed E-state index contributed by atoms with van der Waals surface area (Å²) in [5.74, 6) is 1.19. The number of hydrogen-bond donors (Lipinski definition) is 1. The Morgan fingerprint density at radius 2 is 2.14 bits per heavy atom. The molecule has 1 aromatic rings. The molecule has 0 aliphatic rings. The van der Waals surface area contributed by atoms with Crippen LogP contribution in [0.1, 0.15) is 25.2 Å². The van der Waals surface area contributed by atoms with Gasteiger partial charge in [0.1, 0.15) is 0 Å². The Morgan fingerprint density at radius 1 is 1.50 bits per heavy atom. The molecule has 0 radical (unpaired) electrons. The van der Waals surface area contributed by atoms with Crippen LogP contribution < -0.4 is 5.73 Å². The molecule has 0 aliphatic carbocycles. The van der Waals surface area contributed by atoms with Crippen molar-refractivity contribution in [1.29, 1.82) is 0 Å². The van der Waals surface area contributed by atoms with Crippen LogP contribution in [0.4, 0.5) is 0 Å². The number of nitrogens with zero attached hydrogens (tertiary/aromatic N) is 2. The minimum absolute atomic E-state index is 0.560. The van der Waals surface area contributed by atoms with E-state index in [-0.39, 0.29) is 0 Å². The molecule has 2 N–H and O–H groups in total. The Balaban J connectivity index is 2.71. The van der Waals surface area contributed by atoms with E-state index in [9.17, 15) is 0 Å². The number of nitrogens with two attached hydrogens (primary N) is 1. The molecular weight excluding hydrogens is 174 g/mol. The number of aromatic nitrogens is 2. The summed E-state index contributed by atoms with van der Waals surface area (Å²) in [6.07, 6.45) is 1.03. The van der Waals surface area contributed by atoms with Crippen LogP contribution >= 0.6 is 0 Å². The molecule has 1 atom stereocenters. The van der Waals surface area contributed by atoms with Crippen LogP contribution in [0.25, 0.3) is 0 Å². The minimum Gasteiger partial charge on any atom is -0.330 e. The van der Waals surface area contributed by atoms with E-state index in [2.05, 4.69) is 25.0 Å². The molecule has 1 heterocycles. The summed E-state index contributed by atoms with van der Waals surface area (Å²) < 4.78 is 1.96. The molecule has 0 saturated carbocycles. The number of hydrogen-bond acceptors (Lipinski definition) is 2. The molecule has 1 rings (SSSR count). The third-order valence-corrected chi connectivity index (χ3v) is 2.82. The quantitative estimate of drug-likeness (QED) is 0.791. The lowest BCUT2D eigenvalue weighted by molar-refractivity contribution is 0.383. The molecule has 0 fully saturated rings. The van der Waals surface area contributed by atoms with Crippen LogP contribution in [0.15, 0.2) is 6.07 Å². The number of rotatable bonds is 4. The van der Waals surface area contributed by atoms with Crippen molar-refractivity contribution in [2.45, 2.75) is 27.2 Å². The van der Waals surface area contributed by atoms with Gasteiger partial charge in [0.2, 0.25) is 0 Å². The highest BCUT2D eigenvalue weighted by Gasteiger charge is 2.14. The molecule has 14 heavy (non-hydrogen) atoms. The first-order valence-electron chi connectivity index (χ1n) is 5.24. The second-order valence-corrected chi connectivity index (χ2v) is 4.34. The molecule has 1 aromatic heterocycles. The predicted molar refractivity (Wildman–Crippen MR) is 59.0 cm³/mol. The van der Waals surface area contributed by atoms with Gasteiger partial charge in [-0.3, -0.25) is 4.68 Å². The largest absolute Gasteiger partial charge is 0.330 e. The van der Waals surface area contributed by atoms with E-state index in [0.717, 1.165) is 18.7 Å². The SMILES string of the molecule is Cc1cc(CC(CN)C(C)C)n(C)n1. The van der Waals surface area contributed by atoms with Crippen molar-refractivity contribution < 1.29 is 0 Å². The van der Waals surface area contributed by atoms with E-state index in [0.29, 0.717) is 11.8 Å². The first kappa shape index (κ1) is 11.2. The second-order valence-electron chi connectivity index (χ2n) is 4.34. The maximum absolute atomic E-state index is 5.75. The maximum Gasteiger partial charge on any atom is 0.0596 e. The summed E-state index contributed by atoms with van der Waals surface area (Å²) >= 11 is 0. The molecule has 80 valence electrons. The summed E-state index contributed by atoms with van der Waals surface area (Å²) in [7, 11) is 2.00. The van der Waals surface area contributed by atoms with Gasteiger partial charge in [-0.2, -0.15) is 5.10 Å². The molecule has 0 aromatic carbocycles. The maximum atomic E-state index is 5.75. The van der Waals surface area contributed by atoms with Crippen LogP contribution in [-0.2, 0) is 13.5 Å². The topological polar surface area (TPSA) is 43.8 Å². The summed E-state index contributed by atoms with van der Waals surface area (Å²) in [6.45, 7) is 7.22. The first-order chi connectivity index (χ1) is 6.54. The van der Waals surface area contributed by atoms with Crippen molar-refractivity contribution in [2.75, 3.05) is 6.54 Å². The van der Waals surface area contributed by atoms with Crippen LogP contribution in [-0.4, -0.2) is 16.3 Å². The van der Waals surface area contributed by atoms with Gasteiger partial charge in [0, 0.05) is 12.7 Å². The Labute approximate surface area is 86.3 Å². The summed E-state index contributed by atoms with van der Waals surface area (Å²) in [5.41, 5.74) is 8.12. The van der Waals surface area contributed by atoms with Gasteiger partial charge in [-0.15, -0.1) is 0 Å². The average molecular weight is 195 g/mol. The Hall–Kier alpha value is -0.830. The van der Waals surface area contributed by atoms with E-state index < -0.39 is 0 Å². The lowest BCUT2D eigenvalue weighted by Crippen LogP contribution is -2.23. The third kappa shape index (κ3) is 2.58. The van der Waals surface area contributed by atoms with Gasteiger partial charge in [-0.25, -0.2) is 0 Å². The Bertz CT molecular complexity index is 289. The van der Waals surface area contributed by atoms with Gasteiger partial charge in [0.15, 0.2) is 0 Å². The highest BCUT2D eigenvalue weighted by Crippen LogP contribution is 2.16. The van der Waals surface area contributed by atoms with E-state index >= 15 is 0 Å². The van der Waals surface area contributed by atoms with Gasteiger partial charge in [0.05, 0.1) is 5.69 Å². The molecule has 3 nitrogen and oxygen atoms in total. The Morgan fingerprint density at radius 3 is 2.50 bits per heavy atom. The zero-order valence-electron chi connectivity index (χ0n) is 9.62. The fourth-order valence-corrected chi connectivity index (χ4v) is 1.72. The standard InChI is InChI=1S/C11H21N3/c1-8(2)10(7-12)6-11-5-9(3)13-14(11)4/h5,8,10H,6-7,12H2,1-4H3. The third-order valence-electron chi connectivity index (χ3n) is 2.82. The van der Waals surface area contributed by atoms with Crippen LogP contribution in [0, 0.1) is 18.8 Å². The zero-order valence-corrected chi connectivity index (χ0v) is 9.62. The van der Waals surface area contributed by atoms with Gasteiger partial charge >= 0.3 is 0 Å². The lowest BCUT2D eigenvalue weighted by Gasteiger charge is -2.18. The molecular formula is C11H21N3. The summed E-state index contributed by atoms with van der Waals surface area (Å²) in [5, 5.41) is 4.33. The molecule has 3 heteroatoms. The first-order valence-corrected chi connectivity index (χ1v) is 5.24. The highest BCUT2D eigenvalue weighted by atomic mass is 15.3. The van der Waals surface area contributed by atoms with E-state index in [1.54, 1.807) is 0 Å². The second kappa shape index (κ2) is 4.60. The van der Waals surface area contributed by atoms with Crippen molar-refractivity contribution in [2.24, 2.45) is 24.6 Å². The fraction of sp³-hybridized carbons (Fsp3) is 0.727. The van der Waals surface area contributed by atoms with Crippen molar-refractivity contribution in [3.8, 4) is 0 Å². The van der Waals surface area contributed by atoms with Crippen LogP contribution in [0.2, 0.25) is 0 Å². The van der Waals surface area contributed by atoms with Crippen molar-refractivity contribution >= 4 is 0 Å². The molecule has 0 saturated heterocycles. The van der Waals surface area contributed by atoms with Gasteiger partial charge in [0.25, 0.3) is 0 Å². The summed E-state index contributed by atoms with van der Waals surface area (Å²) in [4.78, 5) is 0. The van der Waals surface area contributed by atoms with Crippen LogP contribution in [0.3, 0.4) is 0 Å². The Kier molecular flexibility index (Phi) is 3.69. The lowest BCUT2D eigenvalue weighted by atomic mass is 9.91. The van der Waals surface area contributed by atoms with Crippen LogP contribution in [0.5, 0.6) is 0 Å². The smallest absolute Gasteiger partial charge is 0.0596 e. The van der Waals surface area contributed by atoms with Crippen molar-refractivity contribution in [1.82, 2.24) is 9.78 Å². The van der Waals surface area contributed by atoms with E-state index in [4.69, 9.17) is 5.73 Å². The van der Waals surface area contributed by atoms with Crippen molar-refractivity contribution in [3.63, 3.8) is 0 Å². The normalized spacial score (nSPS) is 13.6.